The van der Waals surface area contributed by atoms with Crippen LogP contribution < -0.4 is 9.64 Å². The maximum absolute atomic E-state index is 12.9. The lowest BCUT2D eigenvalue weighted by molar-refractivity contribution is -0.143. The average Bonchev–Trinajstić information content (AvgIpc) is 2.79. The lowest BCUT2D eigenvalue weighted by atomic mass is 9.94. The number of ether oxygens (including phenoxy) is 2. The number of amides is 2. The van der Waals surface area contributed by atoms with Crippen LogP contribution >= 0.6 is 0 Å². The molecule has 1 aliphatic heterocycles. The highest BCUT2D eigenvalue weighted by Crippen LogP contribution is 2.33. The first-order valence-electron chi connectivity index (χ1n) is 10.9. The molecule has 2 amide bonds. The Balaban J connectivity index is 1.72. The van der Waals surface area contributed by atoms with Crippen molar-refractivity contribution in [2.24, 2.45) is 0 Å². The van der Waals surface area contributed by atoms with E-state index in [4.69, 9.17) is 9.47 Å². The molecule has 0 spiro atoms. The minimum absolute atomic E-state index is 0.00638. The number of nitrogens with zero attached hydrogens (tertiary/aromatic N) is 2. The van der Waals surface area contributed by atoms with Gasteiger partial charge in [-0.3, -0.25) is 24.1 Å². The van der Waals surface area contributed by atoms with E-state index in [1.807, 2.05) is 0 Å². The van der Waals surface area contributed by atoms with Gasteiger partial charge in [-0.1, -0.05) is 19.3 Å². The molecule has 1 aromatic rings. The molecule has 0 saturated heterocycles. The van der Waals surface area contributed by atoms with Gasteiger partial charge in [-0.15, -0.1) is 0 Å². The van der Waals surface area contributed by atoms with Crippen LogP contribution in [0.15, 0.2) is 18.2 Å². The van der Waals surface area contributed by atoms with E-state index in [2.05, 4.69) is 0 Å². The van der Waals surface area contributed by atoms with Crippen molar-refractivity contribution in [2.75, 3.05) is 31.7 Å². The molecule has 1 aliphatic carbocycles. The Morgan fingerprint density at radius 2 is 1.90 bits per heavy atom. The maximum Gasteiger partial charge on any atom is 0.306 e. The van der Waals surface area contributed by atoms with Crippen molar-refractivity contribution in [1.29, 1.82) is 0 Å². The van der Waals surface area contributed by atoms with Crippen molar-refractivity contribution >= 4 is 29.3 Å². The standard InChI is InChI=1S/C23H30N2O6/c1-3-30-23(29)12-10-19(26)16-9-11-20-18(13-16)25(22(28)15-31-20)14-21(27)24(2)17-7-5-4-6-8-17/h9,11,13,17H,3-8,10,12,14-15H2,1-2H3. The molecule has 8 nitrogen and oxygen atoms in total. The Bertz CT molecular complexity index is 846. The first-order chi connectivity index (χ1) is 14.9. The molecule has 1 saturated carbocycles. The molecule has 1 fully saturated rings. The number of likely N-dealkylation sites (N-methyl/N-ethyl adjacent to an activating group) is 1. The van der Waals surface area contributed by atoms with Crippen LogP contribution in [0.1, 0.15) is 62.2 Å². The monoisotopic (exact) mass is 430 g/mol. The maximum atomic E-state index is 12.9. The van der Waals surface area contributed by atoms with Crippen LogP contribution in [-0.4, -0.2) is 61.3 Å². The molecule has 0 aromatic heterocycles. The highest BCUT2D eigenvalue weighted by atomic mass is 16.5. The van der Waals surface area contributed by atoms with Crippen LogP contribution in [-0.2, 0) is 19.1 Å². The summed E-state index contributed by atoms with van der Waals surface area (Å²) in [5.74, 6) is -0.666. The van der Waals surface area contributed by atoms with Gasteiger partial charge >= 0.3 is 5.97 Å². The van der Waals surface area contributed by atoms with E-state index >= 15 is 0 Å². The number of ketones is 1. The summed E-state index contributed by atoms with van der Waals surface area (Å²) >= 11 is 0. The Morgan fingerprint density at radius 3 is 2.61 bits per heavy atom. The summed E-state index contributed by atoms with van der Waals surface area (Å²) in [6, 6.07) is 5.00. The Labute approximate surface area is 182 Å². The van der Waals surface area contributed by atoms with Crippen molar-refractivity contribution in [1.82, 2.24) is 4.90 Å². The molecule has 1 heterocycles. The van der Waals surface area contributed by atoms with Gasteiger partial charge in [0.25, 0.3) is 5.91 Å². The van der Waals surface area contributed by atoms with E-state index in [0.717, 1.165) is 25.7 Å². The second-order valence-corrected chi connectivity index (χ2v) is 7.98. The molecule has 168 valence electrons. The molecule has 2 aliphatic rings. The minimum atomic E-state index is -0.426. The summed E-state index contributed by atoms with van der Waals surface area (Å²) in [7, 11) is 1.79. The number of carbonyl (C=O) groups is 4. The Kier molecular flexibility index (Phi) is 7.65. The molecule has 0 N–H and O–H groups in total. The molecule has 0 atom stereocenters. The minimum Gasteiger partial charge on any atom is -0.482 e. The number of esters is 1. The van der Waals surface area contributed by atoms with Crippen LogP contribution in [0.4, 0.5) is 5.69 Å². The quantitative estimate of drug-likeness (QED) is 0.465. The number of hydrogen-bond donors (Lipinski definition) is 0. The molecule has 3 rings (SSSR count). The number of carbonyl (C=O) groups excluding carboxylic acids is 4. The van der Waals surface area contributed by atoms with E-state index in [0.29, 0.717) is 17.0 Å². The molecule has 0 unspecified atom stereocenters. The number of fused-ring (bicyclic) bond motifs is 1. The number of rotatable bonds is 8. The van der Waals surface area contributed by atoms with Crippen molar-refractivity contribution < 1.29 is 28.7 Å². The number of anilines is 1. The van der Waals surface area contributed by atoms with Crippen molar-refractivity contribution in [2.45, 2.75) is 57.9 Å². The van der Waals surface area contributed by atoms with Crippen LogP contribution in [0, 0.1) is 0 Å². The van der Waals surface area contributed by atoms with E-state index in [-0.39, 0.29) is 56.2 Å². The zero-order valence-corrected chi connectivity index (χ0v) is 18.2. The third kappa shape index (κ3) is 5.62. The molecule has 31 heavy (non-hydrogen) atoms. The van der Waals surface area contributed by atoms with Crippen LogP contribution in [0.2, 0.25) is 0 Å². The lowest BCUT2D eigenvalue weighted by Crippen LogP contribution is -2.48. The van der Waals surface area contributed by atoms with Crippen molar-refractivity contribution in [3.05, 3.63) is 23.8 Å². The fourth-order valence-electron chi connectivity index (χ4n) is 4.06. The molecular weight excluding hydrogens is 400 g/mol. The van der Waals surface area contributed by atoms with Gasteiger partial charge in [0.1, 0.15) is 12.3 Å². The fraction of sp³-hybridized carbons (Fsp3) is 0.565. The average molecular weight is 431 g/mol. The second kappa shape index (κ2) is 10.4. The normalized spacial score (nSPS) is 16.3. The van der Waals surface area contributed by atoms with E-state index in [1.54, 1.807) is 37.1 Å². The zero-order valence-electron chi connectivity index (χ0n) is 18.2. The van der Waals surface area contributed by atoms with Gasteiger partial charge in [0.2, 0.25) is 5.91 Å². The van der Waals surface area contributed by atoms with Gasteiger partial charge in [-0.2, -0.15) is 0 Å². The summed E-state index contributed by atoms with van der Waals surface area (Å²) in [5, 5.41) is 0. The van der Waals surface area contributed by atoms with Crippen molar-refractivity contribution in [3.8, 4) is 5.75 Å². The highest BCUT2D eigenvalue weighted by Gasteiger charge is 2.31. The molecule has 0 bridgehead atoms. The van der Waals surface area contributed by atoms with E-state index < -0.39 is 5.97 Å². The van der Waals surface area contributed by atoms with Gasteiger partial charge < -0.3 is 14.4 Å². The summed E-state index contributed by atoms with van der Waals surface area (Å²) in [6.07, 6.45) is 5.38. The van der Waals surface area contributed by atoms with Gasteiger partial charge in [-0.05, 0) is 38.0 Å². The third-order valence-electron chi connectivity index (χ3n) is 5.89. The lowest BCUT2D eigenvalue weighted by Gasteiger charge is -2.34. The summed E-state index contributed by atoms with van der Waals surface area (Å²) in [6.45, 7) is 1.73. The zero-order chi connectivity index (χ0) is 22.4. The Morgan fingerprint density at radius 1 is 1.16 bits per heavy atom. The predicted octanol–water partition coefficient (Wildman–Crippen LogP) is 2.73. The van der Waals surface area contributed by atoms with Gasteiger partial charge in [0.15, 0.2) is 12.4 Å². The van der Waals surface area contributed by atoms with Gasteiger partial charge in [0.05, 0.1) is 18.7 Å². The third-order valence-corrected chi connectivity index (χ3v) is 5.89. The SMILES string of the molecule is CCOC(=O)CCC(=O)c1ccc2c(c1)N(CC(=O)N(C)C1CCCCC1)C(=O)CO2. The Hall–Kier alpha value is -2.90. The first kappa shape index (κ1) is 22.8. The van der Waals surface area contributed by atoms with Gasteiger partial charge in [-0.25, -0.2) is 0 Å². The van der Waals surface area contributed by atoms with Gasteiger partial charge in [0, 0.05) is 25.1 Å². The van der Waals surface area contributed by atoms with Crippen LogP contribution in [0.25, 0.3) is 0 Å². The topological polar surface area (TPSA) is 93.2 Å². The highest BCUT2D eigenvalue weighted by molar-refractivity contribution is 6.04. The number of benzene rings is 1. The van der Waals surface area contributed by atoms with Crippen LogP contribution in [0.5, 0.6) is 5.75 Å². The number of Topliss-reactive ketones (excluding diaryl/α,β-unsaturated/α-hetero) is 1. The summed E-state index contributed by atoms with van der Waals surface area (Å²) in [5.41, 5.74) is 0.767. The molecule has 1 aromatic carbocycles. The van der Waals surface area contributed by atoms with E-state index in [9.17, 15) is 19.2 Å². The largest absolute Gasteiger partial charge is 0.482 e. The summed E-state index contributed by atoms with van der Waals surface area (Å²) < 4.78 is 10.3. The molecular formula is C23H30N2O6. The molecule has 0 radical (unpaired) electrons. The van der Waals surface area contributed by atoms with E-state index in [1.165, 1.54) is 11.3 Å². The second-order valence-electron chi connectivity index (χ2n) is 7.98. The number of hydrogen-bond acceptors (Lipinski definition) is 6. The predicted molar refractivity (Wildman–Crippen MR) is 114 cm³/mol. The molecule has 8 heteroatoms. The fourth-order valence-corrected chi connectivity index (χ4v) is 4.06. The first-order valence-corrected chi connectivity index (χ1v) is 10.9. The smallest absolute Gasteiger partial charge is 0.306 e. The summed E-state index contributed by atoms with van der Waals surface area (Å²) in [4.78, 5) is 52.6. The van der Waals surface area contributed by atoms with Crippen molar-refractivity contribution in [3.63, 3.8) is 0 Å². The van der Waals surface area contributed by atoms with Crippen LogP contribution in [0.3, 0.4) is 0 Å².